The molecular formula is C15H15Cl3N2. The zero-order chi connectivity index (χ0) is 14.7. The van der Waals surface area contributed by atoms with Crippen LogP contribution >= 0.6 is 34.8 Å². The van der Waals surface area contributed by atoms with Gasteiger partial charge in [0, 0.05) is 5.02 Å². The van der Waals surface area contributed by atoms with Crippen LogP contribution in [0, 0.1) is 6.92 Å². The van der Waals surface area contributed by atoms with Gasteiger partial charge in [0.2, 0.25) is 0 Å². The SMILES string of the molecule is Cc1ccc(C(Cc2cccc(Cl)c2Cl)NN)c(Cl)c1. The molecule has 0 aliphatic heterocycles. The molecule has 20 heavy (non-hydrogen) atoms. The lowest BCUT2D eigenvalue weighted by atomic mass is 9.98. The van der Waals surface area contributed by atoms with E-state index in [0.717, 1.165) is 16.7 Å². The molecule has 0 aliphatic carbocycles. The van der Waals surface area contributed by atoms with Crippen molar-refractivity contribution in [3.63, 3.8) is 0 Å². The molecule has 2 nitrogen and oxygen atoms in total. The summed E-state index contributed by atoms with van der Waals surface area (Å²) in [7, 11) is 0. The smallest absolute Gasteiger partial charge is 0.0624 e. The summed E-state index contributed by atoms with van der Waals surface area (Å²) in [6, 6.07) is 11.3. The van der Waals surface area contributed by atoms with Crippen LogP contribution in [0.25, 0.3) is 0 Å². The first kappa shape index (κ1) is 15.6. The highest BCUT2D eigenvalue weighted by atomic mass is 35.5. The molecule has 0 fully saturated rings. The first-order valence-electron chi connectivity index (χ1n) is 6.18. The van der Waals surface area contributed by atoms with Gasteiger partial charge in [0.05, 0.1) is 16.1 Å². The highest BCUT2D eigenvalue weighted by Crippen LogP contribution is 2.31. The van der Waals surface area contributed by atoms with Gasteiger partial charge in [-0.1, -0.05) is 59.1 Å². The van der Waals surface area contributed by atoms with E-state index in [1.807, 2.05) is 37.3 Å². The van der Waals surface area contributed by atoms with Gasteiger partial charge in [0.25, 0.3) is 0 Å². The summed E-state index contributed by atoms with van der Waals surface area (Å²) in [5.41, 5.74) is 5.76. The molecule has 0 saturated heterocycles. The van der Waals surface area contributed by atoms with Crippen LogP contribution < -0.4 is 11.3 Å². The predicted octanol–water partition coefficient (Wildman–Crippen LogP) is 4.70. The molecule has 0 spiro atoms. The number of rotatable bonds is 4. The molecule has 0 heterocycles. The molecule has 0 aromatic heterocycles. The second-order valence-corrected chi connectivity index (χ2v) is 5.85. The van der Waals surface area contributed by atoms with Gasteiger partial charge >= 0.3 is 0 Å². The van der Waals surface area contributed by atoms with Crippen molar-refractivity contribution in [1.29, 1.82) is 0 Å². The Kier molecular flexibility index (Phi) is 5.30. The Morgan fingerprint density at radius 2 is 1.85 bits per heavy atom. The number of hydrogen-bond donors (Lipinski definition) is 2. The van der Waals surface area contributed by atoms with Gasteiger partial charge in [0.15, 0.2) is 0 Å². The fraction of sp³-hybridized carbons (Fsp3) is 0.200. The second-order valence-electron chi connectivity index (χ2n) is 4.66. The number of hydrogen-bond acceptors (Lipinski definition) is 2. The lowest BCUT2D eigenvalue weighted by Gasteiger charge is -2.19. The zero-order valence-corrected chi connectivity index (χ0v) is 13.2. The van der Waals surface area contributed by atoms with E-state index in [1.54, 1.807) is 6.07 Å². The molecule has 0 bridgehead atoms. The Labute approximate surface area is 133 Å². The lowest BCUT2D eigenvalue weighted by molar-refractivity contribution is 0.552. The topological polar surface area (TPSA) is 38.0 Å². The molecular weight excluding hydrogens is 315 g/mol. The third-order valence-corrected chi connectivity index (χ3v) is 4.37. The van der Waals surface area contributed by atoms with E-state index in [4.69, 9.17) is 40.6 Å². The summed E-state index contributed by atoms with van der Waals surface area (Å²) < 4.78 is 0. The summed E-state index contributed by atoms with van der Waals surface area (Å²) >= 11 is 18.5. The van der Waals surface area contributed by atoms with Crippen molar-refractivity contribution in [2.45, 2.75) is 19.4 Å². The number of halogens is 3. The van der Waals surface area contributed by atoms with Gasteiger partial charge in [-0.3, -0.25) is 11.3 Å². The molecule has 0 aliphatic rings. The average Bonchev–Trinajstić information content (AvgIpc) is 2.41. The number of benzene rings is 2. The van der Waals surface area contributed by atoms with E-state index in [1.165, 1.54) is 0 Å². The van der Waals surface area contributed by atoms with Crippen LogP contribution in [0.15, 0.2) is 36.4 Å². The fourth-order valence-corrected chi connectivity index (χ4v) is 2.86. The molecule has 0 amide bonds. The Morgan fingerprint density at radius 1 is 1.10 bits per heavy atom. The molecule has 5 heteroatoms. The summed E-state index contributed by atoms with van der Waals surface area (Å²) in [5, 5.41) is 1.78. The molecule has 0 saturated carbocycles. The van der Waals surface area contributed by atoms with Crippen molar-refractivity contribution in [3.05, 3.63) is 68.2 Å². The Hall–Kier alpha value is -0.770. The quantitative estimate of drug-likeness (QED) is 0.630. The van der Waals surface area contributed by atoms with Gasteiger partial charge in [-0.2, -0.15) is 0 Å². The minimum Gasteiger partial charge on any atom is -0.271 e. The number of aryl methyl sites for hydroxylation is 1. The van der Waals surface area contributed by atoms with Crippen LogP contribution in [-0.2, 0) is 6.42 Å². The van der Waals surface area contributed by atoms with Crippen LogP contribution in [-0.4, -0.2) is 0 Å². The largest absolute Gasteiger partial charge is 0.271 e. The van der Waals surface area contributed by atoms with Crippen LogP contribution in [0.5, 0.6) is 0 Å². The molecule has 106 valence electrons. The molecule has 3 N–H and O–H groups in total. The molecule has 2 rings (SSSR count). The highest BCUT2D eigenvalue weighted by Gasteiger charge is 2.16. The van der Waals surface area contributed by atoms with Gasteiger partial charge in [-0.05, 0) is 42.2 Å². The van der Waals surface area contributed by atoms with Gasteiger partial charge < -0.3 is 0 Å². The van der Waals surface area contributed by atoms with Crippen LogP contribution in [0.1, 0.15) is 22.7 Å². The number of nitrogens with two attached hydrogens (primary N) is 1. The lowest BCUT2D eigenvalue weighted by Crippen LogP contribution is -2.29. The first-order valence-corrected chi connectivity index (χ1v) is 7.31. The monoisotopic (exact) mass is 328 g/mol. The highest BCUT2D eigenvalue weighted by molar-refractivity contribution is 6.42. The maximum atomic E-state index is 6.29. The van der Waals surface area contributed by atoms with E-state index >= 15 is 0 Å². The minimum absolute atomic E-state index is 0.126. The maximum Gasteiger partial charge on any atom is 0.0624 e. The van der Waals surface area contributed by atoms with E-state index in [0.29, 0.717) is 21.5 Å². The van der Waals surface area contributed by atoms with Crippen LogP contribution in [0.2, 0.25) is 15.1 Å². The van der Waals surface area contributed by atoms with E-state index in [2.05, 4.69) is 5.43 Å². The van der Waals surface area contributed by atoms with Crippen molar-refractivity contribution < 1.29 is 0 Å². The molecule has 0 radical (unpaired) electrons. The fourth-order valence-electron chi connectivity index (χ4n) is 2.10. The zero-order valence-electron chi connectivity index (χ0n) is 11.0. The minimum atomic E-state index is -0.126. The summed E-state index contributed by atoms with van der Waals surface area (Å²) in [6.07, 6.45) is 0.610. The Morgan fingerprint density at radius 3 is 2.50 bits per heavy atom. The van der Waals surface area contributed by atoms with Gasteiger partial charge in [-0.25, -0.2) is 0 Å². The first-order chi connectivity index (χ1) is 9.52. The summed E-state index contributed by atoms with van der Waals surface area (Å²) in [4.78, 5) is 0. The summed E-state index contributed by atoms with van der Waals surface area (Å²) in [5.74, 6) is 5.66. The van der Waals surface area contributed by atoms with Crippen molar-refractivity contribution in [2.24, 2.45) is 5.84 Å². The normalized spacial score (nSPS) is 12.4. The number of nitrogens with one attached hydrogen (secondary N) is 1. The van der Waals surface area contributed by atoms with Crippen molar-refractivity contribution in [3.8, 4) is 0 Å². The van der Waals surface area contributed by atoms with E-state index in [9.17, 15) is 0 Å². The van der Waals surface area contributed by atoms with Crippen molar-refractivity contribution in [1.82, 2.24) is 5.43 Å². The maximum absolute atomic E-state index is 6.29. The van der Waals surface area contributed by atoms with E-state index in [-0.39, 0.29) is 6.04 Å². The predicted molar refractivity (Wildman–Crippen MR) is 86.4 cm³/mol. The van der Waals surface area contributed by atoms with Crippen molar-refractivity contribution >= 4 is 34.8 Å². The average molecular weight is 330 g/mol. The Balaban J connectivity index is 2.31. The van der Waals surface area contributed by atoms with E-state index < -0.39 is 0 Å². The van der Waals surface area contributed by atoms with Crippen molar-refractivity contribution in [2.75, 3.05) is 0 Å². The third-order valence-electron chi connectivity index (χ3n) is 3.19. The van der Waals surface area contributed by atoms with Crippen LogP contribution in [0.3, 0.4) is 0 Å². The summed E-state index contributed by atoms with van der Waals surface area (Å²) in [6.45, 7) is 1.99. The number of hydrazine groups is 1. The second kappa shape index (κ2) is 6.79. The van der Waals surface area contributed by atoms with Gasteiger partial charge in [0.1, 0.15) is 0 Å². The molecule has 2 aromatic carbocycles. The molecule has 1 unspecified atom stereocenters. The molecule has 2 aromatic rings. The van der Waals surface area contributed by atoms with Crippen LogP contribution in [0.4, 0.5) is 0 Å². The molecule has 1 atom stereocenters. The standard InChI is InChI=1S/C15H15Cl3N2/c1-9-5-6-11(13(17)7-9)14(20-19)8-10-3-2-4-12(16)15(10)18/h2-7,14,20H,8,19H2,1H3. The van der Waals surface area contributed by atoms with Gasteiger partial charge in [-0.15, -0.1) is 0 Å². The third kappa shape index (κ3) is 3.46. The Bertz CT molecular complexity index is 614.